The molecule has 2 rings (SSSR count). The lowest BCUT2D eigenvalue weighted by atomic mass is 10.2. The standard InChI is InChI=1S/C21H41NO8/c1-15(2)22(5-18(23)9-27-16(3)7-25-11-20-13-29-20)6-19(24)10-28-17(4)8-26-12-21-14-30-21/h15-21,23-24H,5-14H2,1-4H3. The van der Waals surface area contributed by atoms with Crippen molar-refractivity contribution >= 4 is 0 Å². The second-order valence-corrected chi connectivity index (χ2v) is 8.63. The summed E-state index contributed by atoms with van der Waals surface area (Å²) in [6.45, 7) is 12.9. The van der Waals surface area contributed by atoms with Crippen LogP contribution >= 0.6 is 0 Å². The molecule has 178 valence electrons. The number of hydrogen-bond donors (Lipinski definition) is 2. The molecule has 30 heavy (non-hydrogen) atoms. The molecule has 2 heterocycles. The highest BCUT2D eigenvalue weighted by Gasteiger charge is 2.24. The molecule has 0 aromatic rings. The van der Waals surface area contributed by atoms with Gasteiger partial charge in [0.2, 0.25) is 0 Å². The second kappa shape index (κ2) is 13.9. The molecule has 0 aromatic heterocycles. The molecule has 2 saturated heterocycles. The Balaban J connectivity index is 1.55. The minimum absolute atomic E-state index is 0.0972. The van der Waals surface area contributed by atoms with Gasteiger partial charge in [-0.25, -0.2) is 0 Å². The number of nitrogens with zero attached hydrogens (tertiary/aromatic N) is 1. The molecule has 0 saturated carbocycles. The van der Waals surface area contributed by atoms with Crippen LogP contribution in [0.5, 0.6) is 0 Å². The fourth-order valence-electron chi connectivity index (χ4n) is 2.85. The van der Waals surface area contributed by atoms with Crippen LogP contribution in [0, 0.1) is 0 Å². The van der Waals surface area contributed by atoms with E-state index in [4.69, 9.17) is 28.4 Å². The molecule has 0 aromatic carbocycles. The van der Waals surface area contributed by atoms with Crippen molar-refractivity contribution in [2.75, 3.05) is 65.9 Å². The van der Waals surface area contributed by atoms with E-state index in [1.54, 1.807) is 0 Å². The van der Waals surface area contributed by atoms with Crippen molar-refractivity contribution in [3.63, 3.8) is 0 Å². The third-order valence-electron chi connectivity index (χ3n) is 4.88. The molecule has 2 N–H and O–H groups in total. The monoisotopic (exact) mass is 435 g/mol. The Morgan fingerprint density at radius 1 is 0.767 bits per heavy atom. The van der Waals surface area contributed by atoms with Crippen LogP contribution in [0.4, 0.5) is 0 Å². The van der Waals surface area contributed by atoms with Gasteiger partial charge in [-0.3, -0.25) is 4.90 Å². The van der Waals surface area contributed by atoms with E-state index in [1.165, 1.54) is 0 Å². The van der Waals surface area contributed by atoms with E-state index in [9.17, 15) is 10.2 Å². The van der Waals surface area contributed by atoms with E-state index >= 15 is 0 Å². The molecule has 9 heteroatoms. The predicted molar refractivity (Wildman–Crippen MR) is 111 cm³/mol. The summed E-state index contributed by atoms with van der Waals surface area (Å²) in [5, 5.41) is 20.7. The van der Waals surface area contributed by atoms with E-state index < -0.39 is 12.2 Å². The average Bonchev–Trinajstić information content (AvgIpc) is 3.59. The molecule has 6 atom stereocenters. The van der Waals surface area contributed by atoms with Gasteiger partial charge >= 0.3 is 0 Å². The van der Waals surface area contributed by atoms with E-state index in [1.807, 2.05) is 32.6 Å². The lowest BCUT2D eigenvalue weighted by molar-refractivity contribution is -0.0647. The van der Waals surface area contributed by atoms with Crippen LogP contribution in [0.25, 0.3) is 0 Å². The maximum atomic E-state index is 10.4. The number of aliphatic hydroxyl groups is 2. The van der Waals surface area contributed by atoms with E-state index in [0.29, 0.717) is 39.5 Å². The van der Waals surface area contributed by atoms with Crippen LogP contribution in [-0.2, 0) is 28.4 Å². The van der Waals surface area contributed by atoms with Gasteiger partial charge in [-0.2, -0.15) is 0 Å². The van der Waals surface area contributed by atoms with Gasteiger partial charge in [0.1, 0.15) is 12.2 Å². The molecule has 0 aliphatic carbocycles. The van der Waals surface area contributed by atoms with Crippen molar-refractivity contribution < 1.29 is 38.6 Å². The lowest BCUT2D eigenvalue weighted by Crippen LogP contribution is -2.45. The lowest BCUT2D eigenvalue weighted by Gasteiger charge is -2.31. The number of ether oxygens (including phenoxy) is 6. The van der Waals surface area contributed by atoms with Crippen LogP contribution in [-0.4, -0.2) is 124 Å². The Hall–Kier alpha value is -0.360. The maximum absolute atomic E-state index is 10.4. The molecule has 0 spiro atoms. The third kappa shape index (κ3) is 12.5. The summed E-state index contributed by atoms with van der Waals surface area (Å²) in [5.74, 6) is 0. The van der Waals surface area contributed by atoms with Crippen molar-refractivity contribution in [1.82, 2.24) is 4.90 Å². The first-order chi connectivity index (χ1) is 14.3. The second-order valence-electron chi connectivity index (χ2n) is 8.63. The topological polar surface area (TPSA) is 106 Å². The van der Waals surface area contributed by atoms with Crippen molar-refractivity contribution in [3.05, 3.63) is 0 Å². The predicted octanol–water partition coefficient (Wildman–Crippen LogP) is 0.0596. The Bertz CT molecular complexity index is 411. The summed E-state index contributed by atoms with van der Waals surface area (Å²) in [6.07, 6.45) is -1.00. The first-order valence-electron chi connectivity index (χ1n) is 11.1. The van der Waals surface area contributed by atoms with Gasteiger partial charge in [0.05, 0.1) is 77.3 Å². The van der Waals surface area contributed by atoms with Crippen molar-refractivity contribution in [2.24, 2.45) is 0 Å². The van der Waals surface area contributed by atoms with Gasteiger partial charge in [0.15, 0.2) is 0 Å². The van der Waals surface area contributed by atoms with Crippen LogP contribution in [0.2, 0.25) is 0 Å². The summed E-state index contributed by atoms with van der Waals surface area (Å²) in [4.78, 5) is 2.03. The van der Waals surface area contributed by atoms with Gasteiger partial charge < -0.3 is 38.6 Å². The average molecular weight is 436 g/mol. The van der Waals surface area contributed by atoms with Gasteiger partial charge in [0.25, 0.3) is 0 Å². The highest BCUT2D eigenvalue weighted by molar-refractivity contribution is 4.73. The summed E-state index contributed by atoms with van der Waals surface area (Å²) < 4.78 is 32.5. The molecule has 6 unspecified atom stereocenters. The molecule has 2 fully saturated rings. The zero-order chi connectivity index (χ0) is 21.9. The molecule has 0 amide bonds. The summed E-state index contributed by atoms with van der Waals surface area (Å²) in [6, 6.07) is 0.174. The fraction of sp³-hybridized carbons (Fsp3) is 1.00. The number of hydrogen-bond acceptors (Lipinski definition) is 9. The largest absolute Gasteiger partial charge is 0.389 e. The Morgan fingerprint density at radius 2 is 1.17 bits per heavy atom. The SMILES string of the molecule is CC(COCC1CO1)OCC(O)CN(CC(O)COC(C)COCC1CO1)C(C)C. The summed E-state index contributed by atoms with van der Waals surface area (Å²) >= 11 is 0. The maximum Gasteiger partial charge on any atom is 0.104 e. The van der Waals surface area contributed by atoms with Gasteiger partial charge in [-0.15, -0.1) is 0 Å². The fourth-order valence-corrected chi connectivity index (χ4v) is 2.85. The third-order valence-corrected chi connectivity index (χ3v) is 4.88. The molecule has 2 aliphatic rings. The van der Waals surface area contributed by atoms with Crippen LogP contribution < -0.4 is 0 Å². The van der Waals surface area contributed by atoms with Gasteiger partial charge in [0, 0.05) is 19.1 Å². The van der Waals surface area contributed by atoms with Gasteiger partial charge in [-0.05, 0) is 27.7 Å². The zero-order valence-electron chi connectivity index (χ0n) is 18.9. The molecular formula is C21H41NO8. The minimum Gasteiger partial charge on any atom is -0.389 e. The Morgan fingerprint density at radius 3 is 1.50 bits per heavy atom. The minimum atomic E-state index is -0.647. The van der Waals surface area contributed by atoms with Crippen LogP contribution in [0.15, 0.2) is 0 Å². The number of aliphatic hydroxyl groups excluding tert-OH is 2. The number of rotatable bonds is 19. The van der Waals surface area contributed by atoms with Crippen molar-refractivity contribution in [2.45, 2.75) is 70.4 Å². The van der Waals surface area contributed by atoms with E-state index in [0.717, 1.165) is 13.2 Å². The molecular weight excluding hydrogens is 394 g/mol. The Labute approximate surface area is 180 Å². The van der Waals surface area contributed by atoms with Gasteiger partial charge in [-0.1, -0.05) is 0 Å². The molecule has 9 nitrogen and oxygen atoms in total. The zero-order valence-corrected chi connectivity index (χ0v) is 18.9. The normalized spacial score (nSPS) is 24.8. The van der Waals surface area contributed by atoms with Crippen LogP contribution in [0.3, 0.4) is 0 Å². The highest BCUT2D eigenvalue weighted by atomic mass is 16.6. The van der Waals surface area contributed by atoms with Crippen LogP contribution in [0.1, 0.15) is 27.7 Å². The van der Waals surface area contributed by atoms with E-state index in [-0.39, 0.29) is 43.7 Å². The molecule has 0 bridgehead atoms. The highest BCUT2D eigenvalue weighted by Crippen LogP contribution is 2.10. The first kappa shape index (κ1) is 25.9. The van der Waals surface area contributed by atoms with Crippen molar-refractivity contribution in [3.8, 4) is 0 Å². The molecule has 2 aliphatic heterocycles. The molecule has 0 radical (unpaired) electrons. The van der Waals surface area contributed by atoms with E-state index in [2.05, 4.69) is 0 Å². The smallest absolute Gasteiger partial charge is 0.104 e. The quantitative estimate of drug-likeness (QED) is 0.272. The number of epoxide rings is 2. The van der Waals surface area contributed by atoms with Crippen molar-refractivity contribution in [1.29, 1.82) is 0 Å². The summed E-state index contributed by atoms with van der Waals surface area (Å²) in [5.41, 5.74) is 0. The Kier molecular flexibility index (Phi) is 12.0. The first-order valence-corrected chi connectivity index (χ1v) is 11.1. The summed E-state index contributed by atoms with van der Waals surface area (Å²) in [7, 11) is 0.